The Hall–Kier alpha value is -3.21. The zero-order valence-corrected chi connectivity index (χ0v) is 13.7. The second kappa shape index (κ2) is 6.02. The van der Waals surface area contributed by atoms with Crippen LogP contribution < -0.4 is 19.8 Å². The second-order valence-corrected chi connectivity index (χ2v) is 5.96. The summed E-state index contributed by atoms with van der Waals surface area (Å²) >= 11 is 0. The first-order chi connectivity index (χ1) is 12.1. The van der Waals surface area contributed by atoms with E-state index in [-0.39, 0.29) is 6.79 Å². The van der Waals surface area contributed by atoms with Gasteiger partial charge in [-0.3, -0.25) is 0 Å². The van der Waals surface area contributed by atoms with E-state index in [0.717, 1.165) is 16.5 Å². The highest BCUT2D eigenvalue weighted by Gasteiger charge is 2.16. The van der Waals surface area contributed by atoms with Crippen molar-refractivity contribution in [2.75, 3.05) is 13.4 Å². The molecule has 0 atom stereocenters. The fraction of sp³-hybridized carbons (Fsp3) is 0.150. The Balaban J connectivity index is 1.73. The van der Waals surface area contributed by atoms with Crippen LogP contribution in [0.4, 0.5) is 0 Å². The zero-order chi connectivity index (χ0) is 17.4. The predicted molar refractivity (Wildman–Crippen MR) is 94.4 cm³/mol. The van der Waals surface area contributed by atoms with Crippen molar-refractivity contribution >= 4 is 11.0 Å². The Morgan fingerprint density at radius 1 is 1.12 bits per heavy atom. The highest BCUT2D eigenvalue weighted by molar-refractivity contribution is 5.83. The van der Waals surface area contributed by atoms with Gasteiger partial charge < -0.3 is 18.6 Å². The molecule has 1 aliphatic heterocycles. The van der Waals surface area contributed by atoms with Gasteiger partial charge in [-0.1, -0.05) is 12.6 Å². The van der Waals surface area contributed by atoms with Crippen LogP contribution in [-0.2, 0) is 0 Å². The molecule has 5 heteroatoms. The van der Waals surface area contributed by atoms with E-state index >= 15 is 0 Å². The highest BCUT2D eigenvalue weighted by Crippen LogP contribution is 2.35. The van der Waals surface area contributed by atoms with Gasteiger partial charge in [-0.15, -0.1) is 0 Å². The summed E-state index contributed by atoms with van der Waals surface area (Å²) < 4.78 is 21.7. The zero-order valence-electron chi connectivity index (χ0n) is 13.7. The van der Waals surface area contributed by atoms with E-state index in [1.54, 1.807) is 24.3 Å². The standard InChI is InChI=1S/C20H16O5/c1-12(2)10-22-15-5-3-14-7-16(20(21)25-18(14)9-15)13-4-6-17-19(8-13)24-11-23-17/h3-9H,1,10-11H2,2H3. The van der Waals surface area contributed by atoms with Crippen LogP contribution >= 0.6 is 0 Å². The van der Waals surface area contributed by atoms with Crippen molar-refractivity contribution in [2.24, 2.45) is 0 Å². The molecule has 2 heterocycles. The molecule has 0 amide bonds. The maximum absolute atomic E-state index is 12.4. The SMILES string of the molecule is C=C(C)COc1ccc2cc(-c3ccc4c(c3)OCO4)c(=O)oc2c1. The molecule has 25 heavy (non-hydrogen) atoms. The summed E-state index contributed by atoms with van der Waals surface area (Å²) in [6.07, 6.45) is 0. The smallest absolute Gasteiger partial charge is 0.344 e. The molecule has 2 aromatic carbocycles. The molecule has 126 valence electrons. The van der Waals surface area contributed by atoms with Crippen LogP contribution in [-0.4, -0.2) is 13.4 Å². The summed E-state index contributed by atoms with van der Waals surface area (Å²) in [6.45, 7) is 6.30. The molecule has 3 aromatic rings. The van der Waals surface area contributed by atoms with E-state index in [0.29, 0.717) is 35.0 Å². The summed E-state index contributed by atoms with van der Waals surface area (Å²) in [5, 5.41) is 0.815. The Labute approximate surface area is 144 Å². The summed E-state index contributed by atoms with van der Waals surface area (Å²) in [5.74, 6) is 1.93. The lowest BCUT2D eigenvalue weighted by molar-refractivity contribution is 0.174. The summed E-state index contributed by atoms with van der Waals surface area (Å²) in [6, 6.07) is 12.6. The minimum atomic E-state index is -0.414. The summed E-state index contributed by atoms with van der Waals surface area (Å²) in [7, 11) is 0. The van der Waals surface area contributed by atoms with Crippen LogP contribution in [0.3, 0.4) is 0 Å². The number of benzene rings is 2. The molecule has 4 rings (SSSR count). The molecule has 1 aliphatic rings. The van der Waals surface area contributed by atoms with Gasteiger partial charge in [-0.05, 0) is 48.4 Å². The quantitative estimate of drug-likeness (QED) is 0.529. The third kappa shape index (κ3) is 2.96. The van der Waals surface area contributed by atoms with Gasteiger partial charge in [0.25, 0.3) is 0 Å². The lowest BCUT2D eigenvalue weighted by Crippen LogP contribution is -2.03. The van der Waals surface area contributed by atoms with E-state index in [1.807, 2.05) is 25.1 Å². The monoisotopic (exact) mass is 336 g/mol. The first kappa shape index (κ1) is 15.3. The largest absolute Gasteiger partial charge is 0.489 e. The van der Waals surface area contributed by atoms with Gasteiger partial charge in [-0.2, -0.15) is 0 Å². The van der Waals surface area contributed by atoms with Gasteiger partial charge in [0.1, 0.15) is 17.9 Å². The van der Waals surface area contributed by atoms with E-state index in [2.05, 4.69) is 6.58 Å². The molecule has 0 spiro atoms. The van der Waals surface area contributed by atoms with Crippen LogP contribution in [0.25, 0.3) is 22.1 Å². The first-order valence-corrected chi connectivity index (χ1v) is 7.85. The van der Waals surface area contributed by atoms with Crippen LogP contribution in [0, 0.1) is 0 Å². The lowest BCUT2D eigenvalue weighted by atomic mass is 10.1. The number of hydrogen-bond acceptors (Lipinski definition) is 5. The number of rotatable bonds is 4. The van der Waals surface area contributed by atoms with Crippen molar-refractivity contribution in [3.05, 3.63) is 65.0 Å². The van der Waals surface area contributed by atoms with Crippen molar-refractivity contribution in [3.63, 3.8) is 0 Å². The Bertz CT molecular complexity index is 1030. The van der Waals surface area contributed by atoms with E-state index in [9.17, 15) is 4.79 Å². The van der Waals surface area contributed by atoms with E-state index < -0.39 is 5.63 Å². The van der Waals surface area contributed by atoms with Gasteiger partial charge >= 0.3 is 5.63 Å². The maximum atomic E-state index is 12.4. The van der Waals surface area contributed by atoms with Gasteiger partial charge in [0.15, 0.2) is 11.5 Å². The average molecular weight is 336 g/mol. The van der Waals surface area contributed by atoms with Gasteiger partial charge in [0.05, 0.1) is 5.56 Å². The molecule has 0 fully saturated rings. The van der Waals surface area contributed by atoms with Crippen molar-refractivity contribution < 1.29 is 18.6 Å². The number of ether oxygens (including phenoxy) is 3. The average Bonchev–Trinajstić information content (AvgIpc) is 3.06. The van der Waals surface area contributed by atoms with E-state index in [1.165, 1.54) is 0 Å². The molecule has 0 radical (unpaired) electrons. The van der Waals surface area contributed by atoms with Crippen molar-refractivity contribution in [1.29, 1.82) is 0 Å². The molecule has 0 aliphatic carbocycles. The molecule has 0 saturated carbocycles. The number of hydrogen-bond donors (Lipinski definition) is 0. The fourth-order valence-electron chi connectivity index (χ4n) is 2.65. The molecule has 5 nitrogen and oxygen atoms in total. The van der Waals surface area contributed by atoms with Crippen LogP contribution in [0.1, 0.15) is 6.92 Å². The lowest BCUT2D eigenvalue weighted by Gasteiger charge is -2.07. The Kier molecular flexibility index (Phi) is 3.69. The van der Waals surface area contributed by atoms with E-state index in [4.69, 9.17) is 18.6 Å². The summed E-state index contributed by atoms with van der Waals surface area (Å²) in [4.78, 5) is 12.4. The van der Waals surface area contributed by atoms with Crippen LogP contribution in [0.15, 0.2) is 63.8 Å². The topological polar surface area (TPSA) is 57.9 Å². The molecular formula is C20H16O5. The minimum absolute atomic E-state index is 0.193. The molecule has 1 aromatic heterocycles. The predicted octanol–water partition coefficient (Wildman–Crippen LogP) is 4.14. The minimum Gasteiger partial charge on any atom is -0.489 e. The second-order valence-electron chi connectivity index (χ2n) is 5.96. The third-order valence-electron chi connectivity index (χ3n) is 3.88. The van der Waals surface area contributed by atoms with Crippen LogP contribution in [0.2, 0.25) is 0 Å². The summed E-state index contributed by atoms with van der Waals surface area (Å²) in [5.41, 5.74) is 2.18. The molecule has 0 bridgehead atoms. The Morgan fingerprint density at radius 2 is 1.96 bits per heavy atom. The highest BCUT2D eigenvalue weighted by atomic mass is 16.7. The van der Waals surface area contributed by atoms with Crippen LogP contribution in [0.5, 0.6) is 17.2 Å². The van der Waals surface area contributed by atoms with Crippen molar-refractivity contribution in [2.45, 2.75) is 6.92 Å². The number of fused-ring (bicyclic) bond motifs is 2. The van der Waals surface area contributed by atoms with Gasteiger partial charge in [-0.25, -0.2) is 4.79 Å². The van der Waals surface area contributed by atoms with Gasteiger partial charge in [0, 0.05) is 11.5 Å². The van der Waals surface area contributed by atoms with Crippen molar-refractivity contribution in [3.8, 4) is 28.4 Å². The first-order valence-electron chi connectivity index (χ1n) is 7.85. The molecule has 0 N–H and O–H groups in total. The van der Waals surface area contributed by atoms with Gasteiger partial charge in [0.2, 0.25) is 6.79 Å². The Morgan fingerprint density at radius 3 is 2.80 bits per heavy atom. The fourth-order valence-corrected chi connectivity index (χ4v) is 2.65. The van der Waals surface area contributed by atoms with Crippen molar-refractivity contribution in [1.82, 2.24) is 0 Å². The third-order valence-corrected chi connectivity index (χ3v) is 3.88. The molecular weight excluding hydrogens is 320 g/mol. The normalized spacial score (nSPS) is 12.4. The maximum Gasteiger partial charge on any atom is 0.344 e. The molecule has 0 saturated heterocycles. The molecule has 0 unspecified atom stereocenters.